The molecule has 2 fully saturated rings. The fourth-order valence-electron chi connectivity index (χ4n) is 3.23. The van der Waals surface area contributed by atoms with Crippen LogP contribution >= 0.6 is 0 Å². The van der Waals surface area contributed by atoms with Crippen molar-refractivity contribution in [1.29, 1.82) is 0 Å². The van der Waals surface area contributed by atoms with Crippen molar-refractivity contribution in [2.24, 2.45) is 0 Å². The number of nitrogens with one attached hydrogen (secondary N) is 1. The average Bonchev–Trinajstić information content (AvgIpc) is 2.72. The molecular weight excluding hydrogens is 282 g/mol. The summed E-state index contributed by atoms with van der Waals surface area (Å²) in [6, 6.07) is 6.79. The first kappa shape index (κ1) is 14.7. The summed E-state index contributed by atoms with van der Waals surface area (Å²) in [4.78, 5) is 25.9. The second-order valence-corrected chi connectivity index (χ2v) is 5.95. The first-order chi connectivity index (χ1) is 10.6. The number of anilines is 1. The van der Waals surface area contributed by atoms with Crippen molar-refractivity contribution < 1.29 is 14.3 Å². The lowest BCUT2D eigenvalue weighted by molar-refractivity contribution is -0.132. The lowest BCUT2D eigenvalue weighted by atomic mass is 9.82. The number of carbonyl (C=O) groups is 2. The fraction of sp³-hybridized carbons (Fsp3) is 0.500. The van der Waals surface area contributed by atoms with Crippen molar-refractivity contribution in [3.63, 3.8) is 0 Å². The van der Waals surface area contributed by atoms with Crippen molar-refractivity contribution in [2.45, 2.75) is 37.6 Å². The molecule has 0 atom stereocenters. The molecule has 1 spiro atoms. The maximum absolute atomic E-state index is 12.6. The third-order valence-corrected chi connectivity index (χ3v) is 4.39. The van der Waals surface area contributed by atoms with Crippen LogP contribution < -0.4 is 15.8 Å². The van der Waals surface area contributed by atoms with Gasteiger partial charge in [0.15, 0.2) is 0 Å². The largest absolute Gasteiger partial charge is 0.492 e. The van der Waals surface area contributed by atoms with Crippen LogP contribution in [0, 0.1) is 0 Å². The minimum Gasteiger partial charge on any atom is -0.492 e. The Morgan fingerprint density at radius 2 is 2.00 bits per heavy atom. The summed E-state index contributed by atoms with van der Waals surface area (Å²) in [5.74, 6) is 0.535. The van der Waals surface area contributed by atoms with E-state index in [1.165, 1.54) is 4.90 Å². The van der Waals surface area contributed by atoms with E-state index in [0.29, 0.717) is 11.4 Å². The van der Waals surface area contributed by atoms with Crippen molar-refractivity contribution in [3.8, 4) is 5.75 Å². The lowest BCUT2D eigenvalue weighted by Gasteiger charge is -2.30. The molecule has 22 heavy (non-hydrogen) atoms. The maximum atomic E-state index is 12.6. The van der Waals surface area contributed by atoms with E-state index in [1.54, 1.807) is 24.3 Å². The molecule has 0 aromatic heterocycles. The molecule has 1 aliphatic heterocycles. The van der Waals surface area contributed by atoms with Gasteiger partial charge in [0.05, 0.1) is 6.54 Å². The van der Waals surface area contributed by atoms with Crippen LogP contribution in [0.1, 0.15) is 32.1 Å². The molecule has 0 bridgehead atoms. The van der Waals surface area contributed by atoms with Gasteiger partial charge in [-0.2, -0.15) is 0 Å². The number of carbonyl (C=O) groups excluding carboxylic acids is 2. The molecule has 0 unspecified atom stereocenters. The van der Waals surface area contributed by atoms with Crippen molar-refractivity contribution in [1.82, 2.24) is 10.2 Å². The summed E-state index contributed by atoms with van der Waals surface area (Å²) in [5.41, 5.74) is 5.64. The molecule has 1 saturated heterocycles. The molecule has 6 heteroatoms. The van der Waals surface area contributed by atoms with E-state index < -0.39 is 5.54 Å². The zero-order valence-electron chi connectivity index (χ0n) is 12.5. The van der Waals surface area contributed by atoms with Crippen LogP contribution in [0.2, 0.25) is 0 Å². The number of urea groups is 1. The fourth-order valence-corrected chi connectivity index (χ4v) is 3.23. The van der Waals surface area contributed by atoms with Crippen LogP contribution in [0.3, 0.4) is 0 Å². The number of hydrogen-bond donors (Lipinski definition) is 2. The Morgan fingerprint density at radius 3 is 2.73 bits per heavy atom. The summed E-state index contributed by atoms with van der Waals surface area (Å²) < 4.78 is 5.57. The van der Waals surface area contributed by atoms with Crippen LogP contribution in [-0.2, 0) is 4.79 Å². The van der Waals surface area contributed by atoms with E-state index in [2.05, 4.69) is 5.32 Å². The molecule has 1 aromatic carbocycles. The summed E-state index contributed by atoms with van der Waals surface area (Å²) in [5, 5.41) is 2.89. The summed E-state index contributed by atoms with van der Waals surface area (Å²) >= 11 is 0. The van der Waals surface area contributed by atoms with E-state index in [4.69, 9.17) is 10.5 Å². The molecule has 3 amide bonds. The third-order valence-electron chi connectivity index (χ3n) is 4.39. The highest BCUT2D eigenvalue weighted by atomic mass is 16.5. The van der Waals surface area contributed by atoms with Crippen LogP contribution in [0.4, 0.5) is 10.5 Å². The van der Waals surface area contributed by atoms with Crippen LogP contribution in [0.15, 0.2) is 24.3 Å². The Labute approximate surface area is 129 Å². The Balaban J connectivity index is 1.58. The second kappa shape index (κ2) is 5.87. The van der Waals surface area contributed by atoms with Crippen LogP contribution in [0.25, 0.3) is 0 Å². The van der Waals surface area contributed by atoms with Gasteiger partial charge in [0, 0.05) is 11.8 Å². The zero-order valence-corrected chi connectivity index (χ0v) is 12.5. The minimum absolute atomic E-state index is 0.103. The van der Waals surface area contributed by atoms with E-state index in [0.717, 1.165) is 32.1 Å². The molecule has 3 N–H and O–H groups in total. The third kappa shape index (κ3) is 2.73. The predicted molar refractivity (Wildman–Crippen MR) is 82.4 cm³/mol. The molecule has 3 rings (SSSR count). The smallest absolute Gasteiger partial charge is 0.325 e. The van der Waals surface area contributed by atoms with Gasteiger partial charge >= 0.3 is 6.03 Å². The van der Waals surface area contributed by atoms with Gasteiger partial charge in [-0.25, -0.2) is 4.79 Å². The summed E-state index contributed by atoms with van der Waals surface area (Å²) in [6.07, 6.45) is 4.58. The van der Waals surface area contributed by atoms with Gasteiger partial charge in [-0.15, -0.1) is 0 Å². The number of rotatable bonds is 4. The topological polar surface area (TPSA) is 84.7 Å². The quantitative estimate of drug-likeness (QED) is 0.657. The van der Waals surface area contributed by atoms with E-state index in [1.807, 2.05) is 0 Å². The monoisotopic (exact) mass is 303 g/mol. The van der Waals surface area contributed by atoms with Crippen molar-refractivity contribution >= 4 is 17.6 Å². The highest BCUT2D eigenvalue weighted by Gasteiger charge is 2.50. The molecule has 6 nitrogen and oxygen atoms in total. The normalized spacial score (nSPS) is 20.3. The number of imide groups is 1. The Hall–Kier alpha value is -2.24. The van der Waals surface area contributed by atoms with Gasteiger partial charge < -0.3 is 15.8 Å². The van der Waals surface area contributed by atoms with E-state index >= 15 is 0 Å². The molecule has 1 heterocycles. The number of nitrogen functional groups attached to an aromatic ring is 1. The van der Waals surface area contributed by atoms with Crippen LogP contribution in [-0.4, -0.2) is 35.5 Å². The highest BCUT2D eigenvalue weighted by Crippen LogP contribution is 2.33. The zero-order chi connectivity index (χ0) is 15.6. The van der Waals surface area contributed by atoms with Gasteiger partial charge in [-0.1, -0.05) is 25.3 Å². The van der Waals surface area contributed by atoms with Gasteiger partial charge in [0.25, 0.3) is 5.91 Å². The standard InChI is InChI=1S/C16H21N3O3/c17-12-5-4-6-13(11-12)22-10-9-19-14(20)16(18-15(19)21)7-2-1-3-8-16/h4-6,11H,1-3,7-10,17H2,(H,18,21). The van der Waals surface area contributed by atoms with E-state index in [9.17, 15) is 9.59 Å². The molecule has 1 aliphatic carbocycles. The molecule has 118 valence electrons. The van der Waals surface area contributed by atoms with Gasteiger partial charge in [0.1, 0.15) is 17.9 Å². The van der Waals surface area contributed by atoms with Gasteiger partial charge in [0.2, 0.25) is 0 Å². The highest BCUT2D eigenvalue weighted by molar-refractivity contribution is 6.07. The van der Waals surface area contributed by atoms with E-state index in [-0.39, 0.29) is 25.1 Å². The summed E-state index contributed by atoms with van der Waals surface area (Å²) in [7, 11) is 0. The number of benzene rings is 1. The first-order valence-electron chi connectivity index (χ1n) is 7.73. The average molecular weight is 303 g/mol. The summed E-state index contributed by atoms with van der Waals surface area (Å²) in [6.45, 7) is 0.514. The molecular formula is C16H21N3O3. The lowest BCUT2D eigenvalue weighted by Crippen LogP contribution is -2.48. The number of hydrogen-bond acceptors (Lipinski definition) is 4. The Kier molecular flexibility index (Phi) is 3.92. The number of nitrogens with zero attached hydrogens (tertiary/aromatic N) is 1. The first-order valence-corrected chi connectivity index (χ1v) is 7.73. The Bertz CT molecular complexity index is 582. The molecule has 2 aliphatic rings. The van der Waals surface area contributed by atoms with Gasteiger partial charge in [-0.3, -0.25) is 9.69 Å². The van der Waals surface area contributed by atoms with Crippen molar-refractivity contribution in [2.75, 3.05) is 18.9 Å². The van der Waals surface area contributed by atoms with Crippen LogP contribution in [0.5, 0.6) is 5.75 Å². The number of ether oxygens (including phenoxy) is 1. The number of amides is 3. The predicted octanol–water partition coefficient (Wildman–Crippen LogP) is 1.90. The van der Waals surface area contributed by atoms with Gasteiger partial charge in [-0.05, 0) is 25.0 Å². The molecule has 0 radical (unpaired) electrons. The minimum atomic E-state index is -0.660. The number of nitrogens with two attached hydrogens (primary N) is 1. The maximum Gasteiger partial charge on any atom is 0.325 e. The second-order valence-electron chi connectivity index (χ2n) is 5.95. The van der Waals surface area contributed by atoms with Crippen molar-refractivity contribution in [3.05, 3.63) is 24.3 Å². The SMILES string of the molecule is Nc1cccc(OCCN2C(=O)NC3(CCCCC3)C2=O)c1. The molecule has 1 saturated carbocycles. The molecule has 1 aromatic rings. The Morgan fingerprint density at radius 1 is 1.23 bits per heavy atom.